The summed E-state index contributed by atoms with van der Waals surface area (Å²) in [4.78, 5) is 21.6. The first kappa shape index (κ1) is 19.1. The standard InChI is InChI=1S/C18H22N4O2S/c1-3-14-11-20-12-16(21-14)22-18(23)17(19)13-5-7-15(8-6-13)25-10-4-9-24-2/h5-8,11-12,19H,3-4,9-10H2,1-2H3,(H,21,22,23). The van der Waals surface area contributed by atoms with E-state index < -0.39 is 5.91 Å². The van der Waals surface area contributed by atoms with Gasteiger partial charge in [-0.25, -0.2) is 4.98 Å². The Morgan fingerprint density at radius 3 is 2.72 bits per heavy atom. The molecule has 6 nitrogen and oxygen atoms in total. The van der Waals surface area contributed by atoms with Gasteiger partial charge in [-0.2, -0.15) is 0 Å². The van der Waals surface area contributed by atoms with Gasteiger partial charge in [0.05, 0.1) is 11.9 Å². The normalized spacial score (nSPS) is 10.5. The van der Waals surface area contributed by atoms with Gasteiger partial charge in [-0.1, -0.05) is 19.1 Å². The zero-order valence-corrected chi connectivity index (χ0v) is 15.2. The second kappa shape index (κ2) is 9.90. The number of rotatable bonds is 9. The minimum atomic E-state index is -0.497. The van der Waals surface area contributed by atoms with Gasteiger partial charge in [0.15, 0.2) is 5.82 Å². The van der Waals surface area contributed by atoms with E-state index in [1.54, 1.807) is 37.2 Å². The topological polar surface area (TPSA) is 88.0 Å². The molecule has 132 valence electrons. The number of anilines is 1. The molecule has 2 N–H and O–H groups in total. The molecule has 1 aromatic carbocycles. The molecule has 0 spiro atoms. The van der Waals surface area contributed by atoms with Crippen molar-refractivity contribution in [1.29, 1.82) is 5.41 Å². The van der Waals surface area contributed by atoms with Crippen molar-refractivity contribution < 1.29 is 9.53 Å². The van der Waals surface area contributed by atoms with Crippen LogP contribution in [-0.2, 0) is 16.0 Å². The molecule has 0 aliphatic heterocycles. The molecule has 0 unspecified atom stereocenters. The Morgan fingerprint density at radius 2 is 2.04 bits per heavy atom. The molecular formula is C18H22N4O2S. The number of aryl methyl sites for hydroxylation is 1. The third-order valence-electron chi connectivity index (χ3n) is 3.42. The molecule has 25 heavy (non-hydrogen) atoms. The van der Waals surface area contributed by atoms with Crippen LogP contribution in [0.25, 0.3) is 0 Å². The lowest BCUT2D eigenvalue weighted by molar-refractivity contribution is -0.110. The highest BCUT2D eigenvalue weighted by Crippen LogP contribution is 2.19. The molecule has 2 aromatic rings. The van der Waals surface area contributed by atoms with Crippen LogP contribution in [0.5, 0.6) is 0 Å². The van der Waals surface area contributed by atoms with Crippen LogP contribution in [0.4, 0.5) is 5.82 Å². The van der Waals surface area contributed by atoms with Crippen LogP contribution in [0.1, 0.15) is 24.6 Å². The smallest absolute Gasteiger partial charge is 0.275 e. The second-order valence-electron chi connectivity index (χ2n) is 5.30. The van der Waals surface area contributed by atoms with Crippen LogP contribution < -0.4 is 5.32 Å². The van der Waals surface area contributed by atoms with Gasteiger partial charge in [-0.05, 0) is 25.0 Å². The number of nitrogens with one attached hydrogen (secondary N) is 2. The summed E-state index contributed by atoms with van der Waals surface area (Å²) in [5.74, 6) is 0.833. The Balaban J connectivity index is 1.93. The van der Waals surface area contributed by atoms with E-state index in [0.29, 0.717) is 11.4 Å². The zero-order chi connectivity index (χ0) is 18.1. The number of hydrogen-bond donors (Lipinski definition) is 2. The Labute approximate surface area is 151 Å². The van der Waals surface area contributed by atoms with Gasteiger partial charge in [0, 0.05) is 36.1 Å². The SMILES string of the molecule is CCc1cncc(NC(=O)C(=N)c2ccc(SCCCOC)cc2)n1. The lowest BCUT2D eigenvalue weighted by Gasteiger charge is -2.07. The largest absolute Gasteiger partial charge is 0.385 e. The molecule has 0 bridgehead atoms. The molecule has 2 rings (SSSR count). The van der Waals surface area contributed by atoms with Crippen molar-refractivity contribution in [3.05, 3.63) is 47.9 Å². The molecule has 7 heteroatoms. The number of thioether (sulfide) groups is 1. The van der Waals surface area contributed by atoms with E-state index in [1.165, 1.54) is 6.20 Å². The van der Waals surface area contributed by atoms with Gasteiger partial charge < -0.3 is 10.1 Å². The summed E-state index contributed by atoms with van der Waals surface area (Å²) < 4.78 is 5.02. The first-order chi connectivity index (χ1) is 12.1. The second-order valence-corrected chi connectivity index (χ2v) is 6.47. The molecule has 1 heterocycles. The molecule has 0 radical (unpaired) electrons. The van der Waals surface area contributed by atoms with Crippen molar-refractivity contribution in [2.75, 3.05) is 24.8 Å². The average Bonchev–Trinajstić information content (AvgIpc) is 2.65. The summed E-state index contributed by atoms with van der Waals surface area (Å²) in [5.41, 5.74) is 1.26. The predicted molar refractivity (Wildman–Crippen MR) is 101 cm³/mol. The zero-order valence-electron chi connectivity index (χ0n) is 14.4. The fourth-order valence-electron chi connectivity index (χ4n) is 2.06. The Bertz CT molecular complexity index is 719. The van der Waals surface area contributed by atoms with Gasteiger partial charge in [-0.15, -0.1) is 11.8 Å². The van der Waals surface area contributed by atoms with Crippen molar-refractivity contribution in [2.24, 2.45) is 0 Å². The van der Waals surface area contributed by atoms with Gasteiger partial charge in [0.2, 0.25) is 0 Å². The number of nitrogens with zero attached hydrogens (tertiary/aromatic N) is 2. The summed E-state index contributed by atoms with van der Waals surface area (Å²) in [5, 5.41) is 10.7. The van der Waals surface area contributed by atoms with Crippen molar-refractivity contribution >= 4 is 29.2 Å². The van der Waals surface area contributed by atoms with Crippen LogP contribution in [0.3, 0.4) is 0 Å². The number of aromatic nitrogens is 2. The average molecular weight is 358 g/mol. The van der Waals surface area contributed by atoms with E-state index >= 15 is 0 Å². The number of carbonyl (C=O) groups is 1. The lowest BCUT2D eigenvalue weighted by atomic mass is 10.1. The summed E-state index contributed by atoms with van der Waals surface area (Å²) in [6.07, 6.45) is 4.85. The van der Waals surface area contributed by atoms with E-state index in [4.69, 9.17) is 10.1 Å². The van der Waals surface area contributed by atoms with E-state index in [-0.39, 0.29) is 5.71 Å². The van der Waals surface area contributed by atoms with Gasteiger partial charge in [-0.3, -0.25) is 15.2 Å². The fourth-order valence-corrected chi connectivity index (χ4v) is 2.88. The van der Waals surface area contributed by atoms with E-state index in [1.807, 2.05) is 19.1 Å². The summed E-state index contributed by atoms with van der Waals surface area (Å²) in [6, 6.07) is 7.42. The van der Waals surface area contributed by atoms with Crippen molar-refractivity contribution in [3.63, 3.8) is 0 Å². The molecule has 0 aliphatic carbocycles. The van der Waals surface area contributed by atoms with Crippen molar-refractivity contribution in [2.45, 2.75) is 24.7 Å². The highest BCUT2D eigenvalue weighted by atomic mass is 32.2. The molecule has 1 amide bonds. The Morgan fingerprint density at radius 1 is 1.28 bits per heavy atom. The number of amides is 1. The highest BCUT2D eigenvalue weighted by Gasteiger charge is 2.13. The molecule has 1 aromatic heterocycles. The van der Waals surface area contributed by atoms with Gasteiger partial charge in [0.1, 0.15) is 5.71 Å². The Kier molecular flexibility index (Phi) is 7.56. The van der Waals surface area contributed by atoms with Crippen LogP contribution >= 0.6 is 11.8 Å². The first-order valence-corrected chi connectivity index (χ1v) is 9.05. The number of ether oxygens (including phenoxy) is 1. The first-order valence-electron chi connectivity index (χ1n) is 8.07. The van der Waals surface area contributed by atoms with E-state index in [2.05, 4.69) is 15.3 Å². The molecule has 0 fully saturated rings. The highest BCUT2D eigenvalue weighted by molar-refractivity contribution is 7.99. The number of methoxy groups -OCH3 is 1. The van der Waals surface area contributed by atoms with Crippen LogP contribution in [-0.4, -0.2) is 41.1 Å². The maximum Gasteiger partial charge on any atom is 0.275 e. The molecule has 0 aliphatic rings. The van der Waals surface area contributed by atoms with Crippen LogP contribution in [0.15, 0.2) is 41.6 Å². The predicted octanol–water partition coefficient (Wildman–Crippen LogP) is 3.17. The summed E-state index contributed by atoms with van der Waals surface area (Å²) in [7, 11) is 1.69. The minimum Gasteiger partial charge on any atom is -0.385 e. The number of hydrogen-bond acceptors (Lipinski definition) is 6. The van der Waals surface area contributed by atoms with Crippen molar-refractivity contribution in [3.8, 4) is 0 Å². The number of benzene rings is 1. The molecule has 0 atom stereocenters. The van der Waals surface area contributed by atoms with E-state index in [9.17, 15) is 4.79 Å². The van der Waals surface area contributed by atoms with Crippen molar-refractivity contribution in [1.82, 2.24) is 9.97 Å². The molecule has 0 saturated carbocycles. The minimum absolute atomic E-state index is 0.0976. The monoisotopic (exact) mass is 358 g/mol. The lowest BCUT2D eigenvalue weighted by Crippen LogP contribution is -2.23. The fraction of sp³-hybridized carbons (Fsp3) is 0.333. The third kappa shape index (κ3) is 5.95. The quantitative estimate of drug-likeness (QED) is 0.408. The summed E-state index contributed by atoms with van der Waals surface area (Å²) >= 11 is 1.73. The van der Waals surface area contributed by atoms with Crippen LogP contribution in [0.2, 0.25) is 0 Å². The van der Waals surface area contributed by atoms with E-state index in [0.717, 1.165) is 35.8 Å². The maximum absolute atomic E-state index is 12.2. The molecule has 0 saturated heterocycles. The maximum atomic E-state index is 12.2. The molecular weight excluding hydrogens is 336 g/mol. The van der Waals surface area contributed by atoms with Gasteiger partial charge >= 0.3 is 0 Å². The third-order valence-corrected chi connectivity index (χ3v) is 4.52. The van der Waals surface area contributed by atoms with Gasteiger partial charge in [0.25, 0.3) is 5.91 Å². The van der Waals surface area contributed by atoms with Crippen LogP contribution in [0, 0.1) is 5.41 Å². The Hall–Kier alpha value is -2.25. The summed E-state index contributed by atoms with van der Waals surface area (Å²) in [6.45, 7) is 2.71. The number of carbonyl (C=O) groups excluding carboxylic acids is 1.